The number of alkyl halides is 3. The number of esters is 1. The van der Waals surface area contributed by atoms with Crippen LogP contribution in [0.5, 0.6) is 0 Å². The summed E-state index contributed by atoms with van der Waals surface area (Å²) in [5.74, 6) is -2.99. The molecule has 0 atom stereocenters. The van der Waals surface area contributed by atoms with Crippen molar-refractivity contribution in [3.63, 3.8) is 0 Å². The Hall–Kier alpha value is -3.03. The Morgan fingerprint density at radius 1 is 0.960 bits per heavy atom. The van der Waals surface area contributed by atoms with Crippen LogP contribution in [-0.2, 0) is 27.4 Å². The normalized spacial score (nSPS) is 10.4. The number of halogens is 3. The summed E-state index contributed by atoms with van der Waals surface area (Å²) in [7, 11) is 0. The maximum Gasteiger partial charge on any atom is 0.490 e. The summed E-state index contributed by atoms with van der Waals surface area (Å²) in [5, 5.41) is 7.12. The van der Waals surface area contributed by atoms with Crippen molar-refractivity contribution in [1.29, 1.82) is 0 Å². The van der Waals surface area contributed by atoms with Gasteiger partial charge in [0.05, 0.1) is 6.42 Å². The summed E-state index contributed by atoms with van der Waals surface area (Å²) in [6, 6.07) is 16.8. The summed E-state index contributed by atoms with van der Waals surface area (Å²) in [6.45, 7) is 0.314. The van der Waals surface area contributed by atoms with Gasteiger partial charge in [-0.1, -0.05) is 42.5 Å². The Bertz CT molecular complexity index is 685. The highest BCUT2D eigenvalue weighted by atomic mass is 19.4. The van der Waals surface area contributed by atoms with Gasteiger partial charge >= 0.3 is 18.1 Å². The fourth-order valence-electron chi connectivity index (χ4n) is 1.59. The minimum atomic E-state index is -5.08. The van der Waals surface area contributed by atoms with Crippen molar-refractivity contribution in [2.75, 3.05) is 5.73 Å². The molecule has 2 rings (SSSR count). The first kappa shape index (κ1) is 20.0. The largest absolute Gasteiger partial charge is 0.490 e. The molecule has 0 amide bonds. The Morgan fingerprint density at radius 2 is 1.48 bits per heavy atom. The molecule has 3 N–H and O–H groups in total. The third-order valence-electron chi connectivity index (χ3n) is 2.81. The number of nitrogen functional groups attached to an aromatic ring is 1. The summed E-state index contributed by atoms with van der Waals surface area (Å²) < 4.78 is 36.9. The van der Waals surface area contributed by atoms with Gasteiger partial charge in [-0.25, -0.2) is 4.79 Å². The third-order valence-corrected chi connectivity index (χ3v) is 2.81. The molecule has 0 fully saturated rings. The van der Waals surface area contributed by atoms with Crippen LogP contribution < -0.4 is 5.73 Å². The van der Waals surface area contributed by atoms with Crippen LogP contribution in [0.4, 0.5) is 18.9 Å². The predicted octanol–water partition coefficient (Wildman–Crippen LogP) is 3.19. The molecule has 0 aliphatic heterocycles. The SMILES string of the molecule is Nc1ccc(CC(=O)OCc2ccccc2)cc1.O=C(O)C(F)(F)F. The van der Waals surface area contributed by atoms with E-state index >= 15 is 0 Å². The minimum absolute atomic E-state index is 0.233. The molecule has 2 aromatic carbocycles. The zero-order valence-corrected chi connectivity index (χ0v) is 13.0. The number of carbonyl (C=O) groups excluding carboxylic acids is 1. The molecule has 25 heavy (non-hydrogen) atoms. The lowest BCUT2D eigenvalue weighted by Crippen LogP contribution is -2.21. The molecule has 0 saturated heterocycles. The summed E-state index contributed by atoms with van der Waals surface area (Å²) >= 11 is 0. The smallest absolute Gasteiger partial charge is 0.475 e. The number of nitrogens with two attached hydrogens (primary N) is 1. The summed E-state index contributed by atoms with van der Waals surface area (Å²) in [4.78, 5) is 20.5. The van der Waals surface area contributed by atoms with E-state index in [9.17, 15) is 18.0 Å². The Labute approximate surface area is 141 Å². The maximum absolute atomic E-state index is 11.6. The highest BCUT2D eigenvalue weighted by molar-refractivity contribution is 5.73. The van der Waals surface area contributed by atoms with E-state index in [1.807, 2.05) is 42.5 Å². The molecule has 0 aliphatic carbocycles. The second-order valence-corrected chi connectivity index (χ2v) is 4.87. The molecule has 5 nitrogen and oxygen atoms in total. The van der Waals surface area contributed by atoms with Crippen molar-refractivity contribution in [2.24, 2.45) is 0 Å². The van der Waals surface area contributed by atoms with Gasteiger partial charge in [0.25, 0.3) is 0 Å². The van der Waals surface area contributed by atoms with E-state index in [0.717, 1.165) is 11.1 Å². The lowest BCUT2D eigenvalue weighted by atomic mass is 10.1. The first-order valence-electron chi connectivity index (χ1n) is 7.02. The maximum atomic E-state index is 11.6. The quantitative estimate of drug-likeness (QED) is 0.649. The number of carbonyl (C=O) groups is 2. The number of carboxylic acid groups (broad SMARTS) is 1. The Balaban J connectivity index is 0.000000381. The van der Waals surface area contributed by atoms with Crippen molar-refractivity contribution < 1.29 is 32.6 Å². The van der Waals surface area contributed by atoms with Crippen molar-refractivity contribution >= 4 is 17.6 Å². The molecule has 0 spiro atoms. The van der Waals surface area contributed by atoms with Crippen LogP contribution in [0.1, 0.15) is 11.1 Å². The fourth-order valence-corrected chi connectivity index (χ4v) is 1.59. The van der Waals surface area contributed by atoms with Crippen LogP contribution >= 0.6 is 0 Å². The topological polar surface area (TPSA) is 89.6 Å². The first-order chi connectivity index (χ1) is 11.7. The number of rotatable bonds is 4. The number of aliphatic carboxylic acids is 1. The third kappa shape index (κ3) is 8.40. The van der Waals surface area contributed by atoms with Crippen LogP contribution in [0.3, 0.4) is 0 Å². The number of hydrogen-bond acceptors (Lipinski definition) is 4. The van der Waals surface area contributed by atoms with E-state index in [1.54, 1.807) is 12.1 Å². The van der Waals surface area contributed by atoms with Gasteiger partial charge in [-0.15, -0.1) is 0 Å². The van der Waals surface area contributed by atoms with E-state index in [4.69, 9.17) is 20.4 Å². The predicted molar refractivity (Wildman–Crippen MR) is 84.5 cm³/mol. The highest BCUT2D eigenvalue weighted by Gasteiger charge is 2.38. The monoisotopic (exact) mass is 355 g/mol. The van der Waals surface area contributed by atoms with Crippen LogP contribution in [0.2, 0.25) is 0 Å². The van der Waals surface area contributed by atoms with Crippen LogP contribution in [0, 0.1) is 0 Å². The summed E-state index contributed by atoms with van der Waals surface area (Å²) in [5.41, 5.74) is 8.16. The van der Waals surface area contributed by atoms with Crippen molar-refractivity contribution in [2.45, 2.75) is 19.2 Å². The average molecular weight is 355 g/mol. The van der Waals surface area contributed by atoms with Crippen LogP contribution in [0.25, 0.3) is 0 Å². The standard InChI is InChI=1S/C15H15NO2.C2HF3O2/c16-14-8-6-12(7-9-14)10-15(17)18-11-13-4-2-1-3-5-13;3-2(4,5)1(6)7/h1-9H,10-11,16H2;(H,6,7). The van der Waals surface area contributed by atoms with E-state index in [1.165, 1.54) is 0 Å². The molecular formula is C17H16F3NO4. The zero-order valence-electron chi connectivity index (χ0n) is 13.0. The Morgan fingerprint density at radius 3 is 1.96 bits per heavy atom. The molecule has 2 aromatic rings. The molecule has 0 radical (unpaired) electrons. The number of ether oxygens (including phenoxy) is 1. The number of anilines is 1. The molecule has 8 heteroatoms. The van der Waals surface area contributed by atoms with Gasteiger partial charge in [-0.3, -0.25) is 4.79 Å². The molecule has 0 aromatic heterocycles. The van der Waals surface area contributed by atoms with Gasteiger partial charge in [0.1, 0.15) is 6.61 Å². The molecule has 134 valence electrons. The van der Waals surface area contributed by atoms with Gasteiger partial charge in [-0.05, 0) is 23.3 Å². The molecule has 0 heterocycles. The zero-order chi connectivity index (χ0) is 18.9. The Kier molecular flexibility index (Phi) is 7.45. The lowest BCUT2D eigenvalue weighted by molar-refractivity contribution is -0.192. The highest BCUT2D eigenvalue weighted by Crippen LogP contribution is 2.13. The van der Waals surface area contributed by atoms with Gasteiger partial charge in [0, 0.05) is 5.69 Å². The second kappa shape index (κ2) is 9.31. The van der Waals surface area contributed by atoms with Crippen LogP contribution in [0.15, 0.2) is 54.6 Å². The first-order valence-corrected chi connectivity index (χ1v) is 7.02. The van der Waals surface area contributed by atoms with E-state index in [-0.39, 0.29) is 12.4 Å². The van der Waals surface area contributed by atoms with Crippen molar-refractivity contribution in [3.8, 4) is 0 Å². The van der Waals surface area contributed by atoms with Gasteiger partial charge in [0.2, 0.25) is 0 Å². The van der Waals surface area contributed by atoms with Gasteiger partial charge < -0.3 is 15.6 Å². The van der Waals surface area contributed by atoms with E-state index in [2.05, 4.69) is 0 Å². The molecular weight excluding hydrogens is 339 g/mol. The molecule has 0 aliphatic rings. The van der Waals surface area contributed by atoms with Gasteiger partial charge in [0.15, 0.2) is 0 Å². The molecule has 0 bridgehead atoms. The van der Waals surface area contributed by atoms with E-state index < -0.39 is 12.1 Å². The number of hydrogen-bond donors (Lipinski definition) is 2. The van der Waals surface area contributed by atoms with Gasteiger partial charge in [-0.2, -0.15) is 13.2 Å². The van der Waals surface area contributed by atoms with E-state index in [0.29, 0.717) is 12.3 Å². The van der Waals surface area contributed by atoms with Crippen molar-refractivity contribution in [3.05, 3.63) is 65.7 Å². The summed E-state index contributed by atoms with van der Waals surface area (Å²) in [6.07, 6.45) is -4.81. The number of carboxylic acids is 1. The van der Waals surface area contributed by atoms with Crippen LogP contribution in [-0.4, -0.2) is 23.2 Å². The second-order valence-electron chi connectivity index (χ2n) is 4.87. The molecule has 0 unspecified atom stereocenters. The minimum Gasteiger partial charge on any atom is -0.475 e. The fraction of sp³-hybridized carbons (Fsp3) is 0.176. The number of benzene rings is 2. The van der Waals surface area contributed by atoms with Crippen molar-refractivity contribution in [1.82, 2.24) is 0 Å². The molecule has 0 saturated carbocycles. The lowest BCUT2D eigenvalue weighted by Gasteiger charge is -2.05. The average Bonchev–Trinajstić information content (AvgIpc) is 2.56.